The Morgan fingerprint density at radius 1 is 1.00 bits per heavy atom. The lowest BCUT2D eigenvalue weighted by Crippen LogP contribution is -2.34. The van der Waals surface area contributed by atoms with Crippen LogP contribution in [0.2, 0.25) is 0 Å². The fourth-order valence-electron chi connectivity index (χ4n) is 4.23. The van der Waals surface area contributed by atoms with Gasteiger partial charge in [-0.05, 0) is 43.2 Å². The highest BCUT2D eigenvalue weighted by Gasteiger charge is 2.52. The van der Waals surface area contributed by atoms with E-state index in [4.69, 9.17) is 32.7 Å². The number of esters is 1. The van der Waals surface area contributed by atoms with Crippen molar-refractivity contribution in [2.45, 2.75) is 23.6 Å². The molecule has 4 rings (SSSR count). The number of benzene rings is 2. The molecule has 1 N–H and O–H groups in total. The number of imide groups is 1. The van der Waals surface area contributed by atoms with E-state index in [1.54, 1.807) is 36.4 Å². The van der Waals surface area contributed by atoms with Crippen molar-refractivity contribution in [3.8, 4) is 5.75 Å². The van der Waals surface area contributed by atoms with Crippen molar-refractivity contribution >= 4 is 58.3 Å². The Hall–Kier alpha value is -3.10. The van der Waals surface area contributed by atoms with Gasteiger partial charge in [-0.1, -0.05) is 12.1 Å². The average Bonchev–Trinajstić information content (AvgIpc) is 3.07. The van der Waals surface area contributed by atoms with E-state index >= 15 is 0 Å². The first-order chi connectivity index (χ1) is 16.3. The van der Waals surface area contributed by atoms with E-state index in [9.17, 15) is 19.2 Å². The number of nitrogens with one attached hydrogen (secondary N) is 1. The molecule has 8 nitrogen and oxygen atoms in total. The van der Waals surface area contributed by atoms with Gasteiger partial charge in [0.2, 0.25) is 11.8 Å². The molecule has 2 fully saturated rings. The number of carbonyl (C=O) groups excluding carboxylic acids is 4. The lowest BCUT2D eigenvalue weighted by Gasteiger charge is -2.28. The molecule has 1 heterocycles. The summed E-state index contributed by atoms with van der Waals surface area (Å²) in [5.41, 5.74) is 0.859. The number of hydrogen-bond donors (Lipinski definition) is 1. The number of alkyl halides is 2. The highest BCUT2D eigenvalue weighted by molar-refractivity contribution is 6.31. The number of halogens is 2. The lowest BCUT2D eigenvalue weighted by atomic mass is 9.80. The van der Waals surface area contributed by atoms with Gasteiger partial charge in [0.05, 0.1) is 41.0 Å². The van der Waals surface area contributed by atoms with Gasteiger partial charge in [-0.15, -0.1) is 23.2 Å². The molecule has 3 amide bonds. The Morgan fingerprint density at radius 3 is 2.29 bits per heavy atom. The smallest absolute Gasteiger partial charge is 0.338 e. The zero-order chi connectivity index (χ0) is 24.4. The van der Waals surface area contributed by atoms with E-state index in [1.807, 2.05) is 0 Å². The fourth-order valence-corrected chi connectivity index (χ4v) is 4.82. The van der Waals surface area contributed by atoms with E-state index in [0.717, 1.165) is 4.90 Å². The Morgan fingerprint density at radius 2 is 1.65 bits per heavy atom. The molecule has 1 saturated heterocycles. The van der Waals surface area contributed by atoms with Crippen LogP contribution in [0.4, 0.5) is 11.4 Å². The predicted octanol–water partition coefficient (Wildman–Crippen LogP) is 3.60. The van der Waals surface area contributed by atoms with Crippen molar-refractivity contribution in [2.75, 3.05) is 23.9 Å². The van der Waals surface area contributed by atoms with Crippen molar-refractivity contribution in [2.24, 2.45) is 11.8 Å². The zero-order valence-electron chi connectivity index (χ0n) is 18.2. The Balaban J connectivity index is 1.41. The summed E-state index contributed by atoms with van der Waals surface area (Å²) in [5, 5.41) is 1.84. The number of rotatable bonds is 6. The molecule has 1 saturated carbocycles. The number of amides is 3. The summed E-state index contributed by atoms with van der Waals surface area (Å²) in [6.07, 6.45) is 0.650. The third kappa shape index (κ3) is 4.88. The number of nitrogens with zero attached hydrogens (tertiary/aromatic N) is 1. The van der Waals surface area contributed by atoms with Gasteiger partial charge in [0, 0.05) is 11.8 Å². The van der Waals surface area contributed by atoms with Crippen LogP contribution in [0.15, 0.2) is 48.5 Å². The molecule has 1 aliphatic carbocycles. The molecule has 1 aliphatic heterocycles. The van der Waals surface area contributed by atoms with Gasteiger partial charge < -0.3 is 14.8 Å². The van der Waals surface area contributed by atoms with Gasteiger partial charge in [0.25, 0.3) is 5.91 Å². The van der Waals surface area contributed by atoms with Crippen LogP contribution in [0.5, 0.6) is 5.75 Å². The number of methoxy groups -OCH3 is 1. The van der Waals surface area contributed by atoms with E-state index in [0.29, 0.717) is 24.3 Å². The minimum atomic E-state index is -0.763. The average molecular weight is 505 g/mol. The lowest BCUT2D eigenvalue weighted by molar-refractivity contribution is -0.122. The van der Waals surface area contributed by atoms with Crippen molar-refractivity contribution in [3.05, 3.63) is 54.1 Å². The second-order valence-corrected chi connectivity index (χ2v) is 9.26. The van der Waals surface area contributed by atoms with Crippen LogP contribution in [0.25, 0.3) is 0 Å². The molecular formula is C24H22Cl2N2O6. The Bertz CT molecular complexity index is 1110. The Kier molecular flexibility index (Phi) is 7.09. The van der Waals surface area contributed by atoms with E-state index in [2.05, 4.69) is 5.32 Å². The monoisotopic (exact) mass is 504 g/mol. The largest absolute Gasteiger partial charge is 0.497 e. The van der Waals surface area contributed by atoms with Crippen molar-refractivity contribution in [1.82, 2.24) is 0 Å². The van der Waals surface area contributed by atoms with Gasteiger partial charge in [-0.3, -0.25) is 19.3 Å². The normalized spacial score (nSPS) is 23.9. The molecule has 34 heavy (non-hydrogen) atoms. The standard InChI is InChI=1S/C24H22Cl2N2O6/c1-33-16-7-3-5-14(9-16)27-21(29)12-34-24(32)13-4-2-6-15(8-13)28-22(30)17-10-19(25)20(26)11-18(17)23(28)31/h2-9,17-20H,10-12H2,1H3,(H,27,29)/t17-,18+,19+,20-. The van der Waals surface area contributed by atoms with Crippen LogP contribution in [0.3, 0.4) is 0 Å². The molecule has 178 valence electrons. The van der Waals surface area contributed by atoms with Crippen molar-refractivity contribution in [1.29, 1.82) is 0 Å². The number of hydrogen-bond acceptors (Lipinski definition) is 6. The second kappa shape index (κ2) is 10.0. The summed E-state index contributed by atoms with van der Waals surface area (Å²) < 4.78 is 10.2. The maximum Gasteiger partial charge on any atom is 0.338 e. The molecule has 2 aromatic carbocycles. The molecule has 0 unspecified atom stereocenters. The maximum absolute atomic E-state index is 12.9. The van der Waals surface area contributed by atoms with Gasteiger partial charge in [0.15, 0.2) is 6.61 Å². The van der Waals surface area contributed by atoms with Crippen molar-refractivity contribution in [3.63, 3.8) is 0 Å². The summed E-state index contributed by atoms with van der Waals surface area (Å²) in [4.78, 5) is 51.7. The summed E-state index contributed by atoms with van der Waals surface area (Å²) in [6.45, 7) is -0.514. The minimum Gasteiger partial charge on any atom is -0.497 e. The van der Waals surface area contributed by atoms with E-state index in [1.165, 1.54) is 19.2 Å². The van der Waals surface area contributed by atoms with Crippen LogP contribution in [0.1, 0.15) is 23.2 Å². The van der Waals surface area contributed by atoms with Gasteiger partial charge in [-0.2, -0.15) is 0 Å². The number of ether oxygens (including phenoxy) is 2. The topological polar surface area (TPSA) is 102 Å². The second-order valence-electron chi connectivity index (χ2n) is 8.13. The van der Waals surface area contributed by atoms with Crippen LogP contribution in [0, 0.1) is 11.8 Å². The Labute approximate surface area is 206 Å². The summed E-state index contributed by atoms with van der Waals surface area (Å²) >= 11 is 12.4. The highest BCUT2D eigenvalue weighted by atomic mass is 35.5. The van der Waals surface area contributed by atoms with Gasteiger partial charge in [-0.25, -0.2) is 4.79 Å². The summed E-state index contributed by atoms with van der Waals surface area (Å²) in [5.74, 6) is -2.49. The first kappa shape index (κ1) is 24.0. The van der Waals surface area contributed by atoms with Gasteiger partial charge in [0.1, 0.15) is 5.75 Å². The molecule has 0 spiro atoms. The minimum absolute atomic E-state index is 0.104. The first-order valence-electron chi connectivity index (χ1n) is 10.7. The fraction of sp³-hybridized carbons (Fsp3) is 0.333. The number of carbonyl (C=O) groups is 4. The van der Waals surface area contributed by atoms with Crippen LogP contribution < -0.4 is 15.0 Å². The maximum atomic E-state index is 12.9. The zero-order valence-corrected chi connectivity index (χ0v) is 19.7. The van der Waals surface area contributed by atoms with Gasteiger partial charge >= 0.3 is 5.97 Å². The molecular weight excluding hydrogens is 483 g/mol. The van der Waals surface area contributed by atoms with Crippen molar-refractivity contribution < 1.29 is 28.7 Å². The third-order valence-electron chi connectivity index (χ3n) is 5.94. The SMILES string of the molecule is COc1cccc(NC(=O)COC(=O)c2cccc(N3C(=O)[C@H]4C[C@@H](Cl)[C@@H](Cl)C[C@H]4C3=O)c2)c1. The molecule has 2 aromatic rings. The molecule has 4 atom stereocenters. The molecule has 2 aliphatic rings. The number of anilines is 2. The molecule has 0 bridgehead atoms. The molecule has 0 radical (unpaired) electrons. The highest BCUT2D eigenvalue weighted by Crippen LogP contribution is 2.43. The predicted molar refractivity (Wildman–Crippen MR) is 126 cm³/mol. The van der Waals surface area contributed by atoms with Crippen LogP contribution >= 0.6 is 23.2 Å². The summed E-state index contributed by atoms with van der Waals surface area (Å²) in [6, 6.07) is 12.7. The van der Waals surface area contributed by atoms with Crippen LogP contribution in [-0.2, 0) is 19.1 Å². The van der Waals surface area contributed by atoms with Crippen LogP contribution in [-0.4, -0.2) is 48.2 Å². The van der Waals surface area contributed by atoms with E-state index < -0.39 is 30.3 Å². The summed E-state index contributed by atoms with van der Waals surface area (Å²) in [7, 11) is 1.51. The quantitative estimate of drug-likeness (QED) is 0.366. The van der Waals surface area contributed by atoms with E-state index in [-0.39, 0.29) is 33.8 Å². The third-order valence-corrected chi connectivity index (χ3v) is 7.03. The first-order valence-corrected chi connectivity index (χ1v) is 11.5. The molecule has 10 heteroatoms. The molecule has 0 aromatic heterocycles. The number of fused-ring (bicyclic) bond motifs is 1.